The lowest BCUT2D eigenvalue weighted by Gasteiger charge is -2.02. The van der Waals surface area contributed by atoms with E-state index in [1.54, 1.807) is 24.3 Å². The number of amides is 1. The van der Waals surface area contributed by atoms with Crippen molar-refractivity contribution in [2.45, 2.75) is 6.92 Å². The number of fused-ring (bicyclic) bond motifs is 1. The lowest BCUT2D eigenvalue weighted by atomic mass is 10.1. The Labute approximate surface area is 133 Å². The molecule has 0 spiro atoms. The molecule has 0 atom stereocenters. The fourth-order valence-electron chi connectivity index (χ4n) is 2.19. The molecule has 23 heavy (non-hydrogen) atoms. The fourth-order valence-corrected chi connectivity index (χ4v) is 2.19. The maximum Gasteiger partial charge on any atom is 0.248 e. The number of hydrogen-bond donors (Lipinski definition) is 1. The van der Waals surface area contributed by atoms with Gasteiger partial charge < -0.3 is 9.73 Å². The quantitative estimate of drug-likeness (QED) is 0.750. The molecule has 1 N–H and O–H groups in total. The van der Waals surface area contributed by atoms with Gasteiger partial charge in [-0.15, -0.1) is 0 Å². The summed E-state index contributed by atoms with van der Waals surface area (Å²) < 4.78 is 5.40. The summed E-state index contributed by atoms with van der Waals surface area (Å²) in [6.07, 6.45) is 4.14. The number of carbonyl (C=O) groups is 1. The van der Waals surface area contributed by atoms with Crippen LogP contribution in [0.3, 0.4) is 0 Å². The third-order valence-electron chi connectivity index (χ3n) is 3.44. The average molecular weight is 305 g/mol. The molecular weight excluding hydrogens is 290 g/mol. The number of aryl methyl sites for hydroxylation is 1. The molecule has 114 valence electrons. The highest BCUT2D eigenvalue weighted by Crippen LogP contribution is 2.12. The maximum absolute atomic E-state index is 12.3. The van der Waals surface area contributed by atoms with E-state index < -0.39 is 0 Å². The summed E-state index contributed by atoms with van der Waals surface area (Å²) in [5.41, 5.74) is 2.52. The van der Waals surface area contributed by atoms with Crippen molar-refractivity contribution in [1.29, 1.82) is 0 Å². The van der Waals surface area contributed by atoms with Gasteiger partial charge in [0.1, 0.15) is 11.8 Å². The van der Waals surface area contributed by atoms with Gasteiger partial charge in [0.2, 0.25) is 5.91 Å². The van der Waals surface area contributed by atoms with Gasteiger partial charge in [-0.2, -0.15) is 0 Å². The van der Waals surface area contributed by atoms with Crippen molar-refractivity contribution in [1.82, 2.24) is 0 Å². The van der Waals surface area contributed by atoms with Crippen molar-refractivity contribution in [2.24, 2.45) is 0 Å². The third kappa shape index (κ3) is 3.37. The standard InChI is InChI=1S/C19H15NO3/c1-13-6-9-15(10-7-13)20-18(21)11-8-14-12-23-17-5-3-2-4-16(17)19(14)22/h2-12H,1H3,(H,20,21). The molecule has 1 heterocycles. The Bertz CT molecular complexity index is 937. The molecule has 0 aliphatic rings. The zero-order valence-electron chi connectivity index (χ0n) is 12.6. The van der Waals surface area contributed by atoms with Crippen molar-refractivity contribution in [2.75, 3.05) is 5.32 Å². The molecule has 4 heteroatoms. The molecule has 0 aliphatic heterocycles. The van der Waals surface area contributed by atoms with Crippen LogP contribution in [0.1, 0.15) is 11.1 Å². The number of para-hydroxylation sites is 1. The second kappa shape index (κ2) is 6.32. The summed E-state index contributed by atoms with van der Waals surface area (Å²) in [7, 11) is 0. The SMILES string of the molecule is Cc1ccc(NC(=O)C=Cc2coc3ccccc3c2=O)cc1. The molecule has 0 fully saturated rings. The molecule has 1 aromatic heterocycles. The average Bonchev–Trinajstić information content (AvgIpc) is 2.57. The minimum atomic E-state index is -0.304. The molecule has 0 bridgehead atoms. The van der Waals surface area contributed by atoms with Crippen LogP contribution in [-0.2, 0) is 4.79 Å². The van der Waals surface area contributed by atoms with Crippen LogP contribution >= 0.6 is 0 Å². The van der Waals surface area contributed by atoms with Gasteiger partial charge in [-0.25, -0.2) is 0 Å². The van der Waals surface area contributed by atoms with Crippen LogP contribution < -0.4 is 10.7 Å². The van der Waals surface area contributed by atoms with Gasteiger partial charge in [0.05, 0.1) is 10.9 Å². The summed E-state index contributed by atoms with van der Waals surface area (Å²) in [4.78, 5) is 24.2. The zero-order valence-corrected chi connectivity index (χ0v) is 12.6. The van der Waals surface area contributed by atoms with Crippen LogP contribution in [0.4, 0.5) is 5.69 Å². The van der Waals surface area contributed by atoms with Gasteiger partial charge in [-0.1, -0.05) is 29.8 Å². The lowest BCUT2D eigenvalue weighted by molar-refractivity contribution is -0.111. The molecule has 0 saturated carbocycles. The summed E-state index contributed by atoms with van der Waals surface area (Å²) in [5.74, 6) is -0.304. The van der Waals surface area contributed by atoms with Crippen LogP contribution in [-0.4, -0.2) is 5.91 Å². The van der Waals surface area contributed by atoms with E-state index in [2.05, 4.69) is 5.32 Å². The van der Waals surface area contributed by atoms with Crippen molar-refractivity contribution in [3.8, 4) is 0 Å². The first-order valence-electron chi connectivity index (χ1n) is 7.20. The molecule has 0 saturated heterocycles. The second-order valence-corrected chi connectivity index (χ2v) is 5.20. The lowest BCUT2D eigenvalue weighted by Crippen LogP contribution is -2.09. The fraction of sp³-hybridized carbons (Fsp3) is 0.0526. The van der Waals surface area contributed by atoms with Crippen LogP contribution in [0.5, 0.6) is 0 Å². The summed E-state index contributed by atoms with van der Waals surface area (Å²) in [5, 5.41) is 3.23. The van der Waals surface area contributed by atoms with E-state index in [-0.39, 0.29) is 11.3 Å². The highest BCUT2D eigenvalue weighted by Gasteiger charge is 2.04. The minimum absolute atomic E-state index is 0.161. The first-order valence-corrected chi connectivity index (χ1v) is 7.20. The van der Waals surface area contributed by atoms with E-state index in [1.807, 2.05) is 31.2 Å². The highest BCUT2D eigenvalue weighted by atomic mass is 16.3. The van der Waals surface area contributed by atoms with E-state index in [4.69, 9.17) is 4.42 Å². The first kappa shape index (κ1) is 14.8. The van der Waals surface area contributed by atoms with Gasteiger partial charge >= 0.3 is 0 Å². The van der Waals surface area contributed by atoms with Crippen molar-refractivity contribution in [3.05, 3.63) is 82.2 Å². The van der Waals surface area contributed by atoms with Crippen LogP contribution in [0.2, 0.25) is 0 Å². The number of anilines is 1. The molecule has 3 rings (SSSR count). The van der Waals surface area contributed by atoms with E-state index in [1.165, 1.54) is 18.4 Å². The molecule has 1 amide bonds. The van der Waals surface area contributed by atoms with Gasteiger partial charge in [-0.3, -0.25) is 9.59 Å². The number of carbonyl (C=O) groups excluding carboxylic acids is 1. The molecule has 4 nitrogen and oxygen atoms in total. The van der Waals surface area contributed by atoms with E-state index in [9.17, 15) is 9.59 Å². The van der Waals surface area contributed by atoms with Gasteiger partial charge in [0.15, 0.2) is 5.43 Å². The summed E-state index contributed by atoms with van der Waals surface area (Å²) >= 11 is 0. The predicted molar refractivity (Wildman–Crippen MR) is 91.3 cm³/mol. The Balaban J connectivity index is 1.79. The normalized spacial score (nSPS) is 11.0. The molecule has 3 aromatic rings. The highest BCUT2D eigenvalue weighted by molar-refractivity contribution is 6.02. The summed E-state index contributed by atoms with van der Waals surface area (Å²) in [6, 6.07) is 14.5. The van der Waals surface area contributed by atoms with Crippen molar-refractivity contribution in [3.63, 3.8) is 0 Å². The van der Waals surface area contributed by atoms with E-state index in [0.29, 0.717) is 22.2 Å². The molecule has 2 aromatic carbocycles. The van der Waals surface area contributed by atoms with Crippen LogP contribution in [0, 0.1) is 6.92 Å². The van der Waals surface area contributed by atoms with Crippen LogP contribution in [0.25, 0.3) is 17.0 Å². The third-order valence-corrected chi connectivity index (χ3v) is 3.44. The minimum Gasteiger partial charge on any atom is -0.463 e. The Morgan fingerprint density at radius 3 is 2.61 bits per heavy atom. The molecule has 0 unspecified atom stereocenters. The first-order chi connectivity index (χ1) is 11.1. The number of hydrogen-bond acceptors (Lipinski definition) is 3. The van der Waals surface area contributed by atoms with Crippen LogP contribution in [0.15, 0.2) is 70.1 Å². The topological polar surface area (TPSA) is 59.3 Å². The Morgan fingerprint density at radius 2 is 1.83 bits per heavy atom. The Kier molecular flexibility index (Phi) is 4.06. The van der Waals surface area contributed by atoms with Gasteiger partial charge in [-0.05, 0) is 37.3 Å². The summed E-state index contributed by atoms with van der Waals surface area (Å²) in [6.45, 7) is 1.98. The zero-order chi connectivity index (χ0) is 16.2. The second-order valence-electron chi connectivity index (χ2n) is 5.20. The number of rotatable bonds is 3. The number of nitrogens with one attached hydrogen (secondary N) is 1. The van der Waals surface area contributed by atoms with Gasteiger partial charge in [0, 0.05) is 11.8 Å². The largest absolute Gasteiger partial charge is 0.463 e. The van der Waals surface area contributed by atoms with Crippen molar-refractivity contribution >= 4 is 28.6 Å². The Hall–Kier alpha value is -3.14. The molecule has 0 radical (unpaired) electrons. The maximum atomic E-state index is 12.3. The number of benzene rings is 2. The van der Waals surface area contributed by atoms with Crippen molar-refractivity contribution < 1.29 is 9.21 Å². The van der Waals surface area contributed by atoms with Gasteiger partial charge in [0.25, 0.3) is 0 Å². The molecule has 0 aliphatic carbocycles. The molecular formula is C19H15NO3. The smallest absolute Gasteiger partial charge is 0.248 e. The monoisotopic (exact) mass is 305 g/mol. The predicted octanol–water partition coefficient (Wildman–Crippen LogP) is 3.75. The Morgan fingerprint density at radius 1 is 1.09 bits per heavy atom. The van der Waals surface area contributed by atoms with E-state index in [0.717, 1.165) is 5.56 Å². The van der Waals surface area contributed by atoms with E-state index >= 15 is 0 Å².